The molecule has 0 saturated carbocycles. The highest BCUT2D eigenvalue weighted by atomic mass is 16.2. The molecule has 0 aromatic carbocycles. The van der Waals surface area contributed by atoms with Gasteiger partial charge in [0.05, 0.1) is 0 Å². The van der Waals surface area contributed by atoms with Crippen LogP contribution in [0.15, 0.2) is 14.4 Å². The number of unbranched alkanes of at least 4 members (excludes halogenated alkanes) is 2. The lowest BCUT2D eigenvalue weighted by atomic mass is 9.99. The first-order valence-corrected chi connectivity index (χ1v) is 11.2. The molecule has 1 amide bonds. The van der Waals surface area contributed by atoms with Crippen LogP contribution in [0.2, 0.25) is 0 Å². The van der Waals surface area contributed by atoms with E-state index in [9.17, 15) is 24.4 Å². The van der Waals surface area contributed by atoms with Gasteiger partial charge >= 0.3 is 5.69 Å². The Bertz CT molecular complexity index is 1230. The molecule has 2 aromatic rings. The van der Waals surface area contributed by atoms with Crippen LogP contribution in [-0.4, -0.2) is 27.0 Å². The van der Waals surface area contributed by atoms with E-state index in [1.165, 1.54) is 9.47 Å². The maximum atomic E-state index is 13.3. The Morgan fingerprint density at radius 1 is 1.09 bits per heavy atom. The second-order valence-corrected chi connectivity index (χ2v) is 8.07. The number of nitrogens with two attached hydrogens (primary N) is 1. The molecule has 2 aromatic heterocycles. The van der Waals surface area contributed by atoms with Gasteiger partial charge in [-0.1, -0.05) is 26.7 Å². The Morgan fingerprint density at radius 3 is 2.36 bits per heavy atom. The number of nitriles is 1. The lowest BCUT2D eigenvalue weighted by Gasteiger charge is -2.25. The Morgan fingerprint density at radius 2 is 1.76 bits per heavy atom. The number of nitrogen functional groups attached to an aromatic ring is 1. The Hall–Kier alpha value is -3.61. The number of amides is 1. The summed E-state index contributed by atoms with van der Waals surface area (Å²) >= 11 is 0. The summed E-state index contributed by atoms with van der Waals surface area (Å²) in [6.07, 6.45) is 3.29. The number of H-pyrrole nitrogens is 2. The van der Waals surface area contributed by atoms with Crippen LogP contribution in [0.5, 0.6) is 0 Å². The van der Waals surface area contributed by atoms with Crippen molar-refractivity contribution in [1.29, 1.82) is 5.26 Å². The molecule has 0 aliphatic heterocycles. The third-order valence-electron chi connectivity index (χ3n) is 5.76. The number of carbonyl (C=O) groups is 1. The van der Waals surface area contributed by atoms with Gasteiger partial charge in [-0.15, -0.1) is 0 Å². The standard InChI is InChI=1S/C23H32N6O4/c1-5-7-11-28(19-20(25)29(12-8-6-2)23(33)27-22(19)32)18(30)10-9-16-14(3)17(13-24)21(31)26-15(16)4/h5-12,25H2,1-4H3,(H,26,31)(H,27,32,33). The second kappa shape index (κ2) is 11.3. The summed E-state index contributed by atoms with van der Waals surface area (Å²) in [4.78, 5) is 56.5. The van der Waals surface area contributed by atoms with Gasteiger partial charge in [0.15, 0.2) is 5.69 Å². The van der Waals surface area contributed by atoms with Gasteiger partial charge in [0.1, 0.15) is 17.5 Å². The van der Waals surface area contributed by atoms with Crippen LogP contribution < -0.4 is 27.4 Å². The minimum absolute atomic E-state index is 0.0169. The first-order valence-electron chi connectivity index (χ1n) is 11.2. The maximum Gasteiger partial charge on any atom is 0.330 e. The molecule has 0 aliphatic carbocycles. The molecule has 0 fully saturated rings. The minimum Gasteiger partial charge on any atom is -0.383 e. The van der Waals surface area contributed by atoms with E-state index in [-0.39, 0.29) is 42.4 Å². The Labute approximate surface area is 192 Å². The zero-order valence-electron chi connectivity index (χ0n) is 19.7. The summed E-state index contributed by atoms with van der Waals surface area (Å²) in [5, 5.41) is 9.27. The summed E-state index contributed by atoms with van der Waals surface area (Å²) in [6.45, 7) is 7.96. The lowest BCUT2D eigenvalue weighted by molar-refractivity contribution is -0.118. The smallest absolute Gasteiger partial charge is 0.330 e. The number of hydrogen-bond donors (Lipinski definition) is 3. The number of pyridine rings is 1. The van der Waals surface area contributed by atoms with Crippen molar-refractivity contribution in [2.45, 2.75) is 72.8 Å². The van der Waals surface area contributed by atoms with Crippen LogP contribution >= 0.6 is 0 Å². The van der Waals surface area contributed by atoms with Crippen molar-refractivity contribution in [3.8, 4) is 6.07 Å². The van der Waals surface area contributed by atoms with Crippen molar-refractivity contribution in [3.05, 3.63) is 53.6 Å². The molecule has 178 valence electrons. The van der Waals surface area contributed by atoms with E-state index in [4.69, 9.17) is 5.73 Å². The molecule has 0 saturated heterocycles. The average Bonchev–Trinajstić information content (AvgIpc) is 2.75. The van der Waals surface area contributed by atoms with Gasteiger partial charge in [0, 0.05) is 25.2 Å². The summed E-state index contributed by atoms with van der Waals surface area (Å²) < 4.78 is 1.29. The molecule has 2 rings (SSSR count). The van der Waals surface area contributed by atoms with Crippen molar-refractivity contribution < 1.29 is 4.79 Å². The topological polar surface area (TPSA) is 158 Å². The zero-order chi connectivity index (χ0) is 24.7. The van der Waals surface area contributed by atoms with E-state index in [1.807, 2.05) is 19.9 Å². The third-order valence-corrected chi connectivity index (χ3v) is 5.76. The van der Waals surface area contributed by atoms with Crippen LogP contribution in [0.1, 0.15) is 68.3 Å². The van der Waals surface area contributed by atoms with Crippen molar-refractivity contribution in [2.75, 3.05) is 17.2 Å². The van der Waals surface area contributed by atoms with Gasteiger partial charge in [-0.25, -0.2) is 4.79 Å². The highest BCUT2D eigenvalue weighted by Gasteiger charge is 2.24. The van der Waals surface area contributed by atoms with Gasteiger partial charge in [-0.2, -0.15) is 5.26 Å². The van der Waals surface area contributed by atoms with Crippen molar-refractivity contribution in [2.24, 2.45) is 0 Å². The maximum absolute atomic E-state index is 13.3. The molecular formula is C23H32N6O4. The summed E-state index contributed by atoms with van der Waals surface area (Å²) in [6, 6.07) is 1.91. The fraction of sp³-hybridized carbons (Fsp3) is 0.522. The van der Waals surface area contributed by atoms with Gasteiger partial charge in [-0.05, 0) is 44.2 Å². The van der Waals surface area contributed by atoms with E-state index < -0.39 is 16.8 Å². The van der Waals surface area contributed by atoms with E-state index in [2.05, 4.69) is 9.97 Å². The molecule has 0 bridgehead atoms. The predicted octanol–water partition coefficient (Wildman–Crippen LogP) is 1.86. The predicted molar refractivity (Wildman–Crippen MR) is 127 cm³/mol. The van der Waals surface area contributed by atoms with Crippen LogP contribution in [0, 0.1) is 25.2 Å². The van der Waals surface area contributed by atoms with E-state index in [0.29, 0.717) is 36.2 Å². The fourth-order valence-corrected chi connectivity index (χ4v) is 3.84. The molecule has 0 aliphatic rings. The van der Waals surface area contributed by atoms with Gasteiger partial charge in [0.2, 0.25) is 5.91 Å². The van der Waals surface area contributed by atoms with Crippen molar-refractivity contribution in [1.82, 2.24) is 14.5 Å². The second-order valence-electron chi connectivity index (χ2n) is 8.07. The molecule has 0 unspecified atom stereocenters. The quantitative estimate of drug-likeness (QED) is 0.495. The van der Waals surface area contributed by atoms with E-state index in [1.54, 1.807) is 13.8 Å². The SMILES string of the molecule is CCCCN(C(=O)CCc1c(C)[nH]c(=O)c(C#N)c1C)c1c(N)n(CCCC)c(=O)[nH]c1=O. The molecule has 10 nitrogen and oxygen atoms in total. The summed E-state index contributed by atoms with van der Waals surface area (Å²) in [7, 11) is 0. The number of nitrogens with one attached hydrogen (secondary N) is 2. The fourth-order valence-electron chi connectivity index (χ4n) is 3.84. The molecular weight excluding hydrogens is 424 g/mol. The van der Waals surface area contributed by atoms with E-state index in [0.717, 1.165) is 12.8 Å². The van der Waals surface area contributed by atoms with Gasteiger partial charge in [0.25, 0.3) is 11.1 Å². The molecule has 4 N–H and O–H groups in total. The van der Waals surface area contributed by atoms with Gasteiger partial charge < -0.3 is 15.6 Å². The number of aryl methyl sites for hydroxylation is 1. The van der Waals surface area contributed by atoms with Crippen LogP contribution in [-0.2, 0) is 17.8 Å². The third kappa shape index (κ3) is 5.61. The van der Waals surface area contributed by atoms with Crippen LogP contribution in [0.25, 0.3) is 0 Å². The van der Waals surface area contributed by atoms with E-state index >= 15 is 0 Å². The van der Waals surface area contributed by atoms with Gasteiger partial charge in [-0.3, -0.25) is 23.9 Å². The monoisotopic (exact) mass is 456 g/mol. The number of aromatic amines is 2. The molecule has 10 heteroatoms. The number of hydrogen-bond acceptors (Lipinski definition) is 6. The lowest BCUT2D eigenvalue weighted by Crippen LogP contribution is -2.41. The summed E-state index contributed by atoms with van der Waals surface area (Å²) in [5.74, 6) is -0.352. The first-order chi connectivity index (χ1) is 15.7. The molecule has 2 heterocycles. The van der Waals surface area contributed by atoms with Crippen LogP contribution in [0.3, 0.4) is 0 Å². The minimum atomic E-state index is -0.696. The average molecular weight is 457 g/mol. The Kier molecular flexibility index (Phi) is 8.79. The molecule has 0 atom stereocenters. The molecule has 0 radical (unpaired) electrons. The van der Waals surface area contributed by atoms with Crippen molar-refractivity contribution >= 4 is 17.4 Å². The van der Waals surface area contributed by atoms with Crippen LogP contribution in [0.4, 0.5) is 11.5 Å². The first kappa shape index (κ1) is 25.6. The normalized spacial score (nSPS) is 10.8. The highest BCUT2D eigenvalue weighted by molar-refractivity contribution is 5.95. The number of carbonyl (C=O) groups excluding carboxylic acids is 1. The summed E-state index contributed by atoms with van der Waals surface area (Å²) in [5.41, 5.74) is 6.32. The number of anilines is 2. The molecule has 33 heavy (non-hydrogen) atoms. The molecule has 0 spiro atoms. The number of nitrogens with zero attached hydrogens (tertiary/aromatic N) is 3. The zero-order valence-corrected chi connectivity index (χ0v) is 19.7. The number of aromatic nitrogens is 3. The number of rotatable bonds is 10. The Balaban J connectivity index is 2.44. The van der Waals surface area contributed by atoms with Crippen molar-refractivity contribution in [3.63, 3.8) is 0 Å². The largest absolute Gasteiger partial charge is 0.383 e. The highest BCUT2D eigenvalue weighted by Crippen LogP contribution is 2.21.